The third-order valence-corrected chi connectivity index (χ3v) is 4.11. The fourth-order valence-corrected chi connectivity index (χ4v) is 2.69. The number of methoxy groups -OCH3 is 1. The molecular weight excluding hydrogens is 376 g/mol. The highest BCUT2D eigenvalue weighted by Crippen LogP contribution is 2.28. The van der Waals surface area contributed by atoms with Crippen molar-refractivity contribution in [3.8, 4) is 11.5 Å². The molecular formula is C21H21ClN4O2. The topological polar surface area (TPSA) is 68.6 Å². The molecule has 3 aromatic rings. The van der Waals surface area contributed by atoms with Gasteiger partial charge in [-0.05, 0) is 61.4 Å². The molecule has 0 amide bonds. The van der Waals surface area contributed by atoms with Gasteiger partial charge in [-0.3, -0.25) is 0 Å². The molecule has 3 rings (SSSR count). The summed E-state index contributed by atoms with van der Waals surface area (Å²) in [5.74, 6) is 1.74. The first-order valence-corrected chi connectivity index (χ1v) is 9.08. The standard InChI is InChI=1S/C21H21ClN4O2/c1-14-10-15(2)25-21(24-14)26-23-12-17-6-9-19(20(11-17)27-3)28-13-16-4-7-18(22)8-5-16/h4-12H,13H2,1-3H3,(H,24,25,26)/b23-12-. The van der Waals surface area contributed by atoms with Crippen molar-refractivity contribution < 1.29 is 9.47 Å². The number of anilines is 1. The van der Waals surface area contributed by atoms with Crippen LogP contribution in [0.3, 0.4) is 0 Å². The maximum absolute atomic E-state index is 5.90. The van der Waals surface area contributed by atoms with Gasteiger partial charge in [0.25, 0.3) is 0 Å². The minimum absolute atomic E-state index is 0.423. The zero-order chi connectivity index (χ0) is 19.9. The van der Waals surface area contributed by atoms with Gasteiger partial charge in [-0.15, -0.1) is 0 Å². The molecule has 0 aliphatic heterocycles. The Labute approximate surface area is 169 Å². The van der Waals surface area contributed by atoms with Gasteiger partial charge in [0, 0.05) is 16.4 Å². The molecule has 6 nitrogen and oxygen atoms in total. The number of nitrogens with zero attached hydrogens (tertiary/aromatic N) is 3. The summed E-state index contributed by atoms with van der Waals surface area (Å²) in [5, 5.41) is 4.89. The largest absolute Gasteiger partial charge is 0.493 e. The highest BCUT2D eigenvalue weighted by Gasteiger charge is 2.06. The van der Waals surface area contributed by atoms with Crippen LogP contribution in [-0.4, -0.2) is 23.3 Å². The SMILES string of the molecule is COc1cc(/C=N\Nc2nc(C)cc(C)n2)ccc1OCc1ccc(Cl)cc1. The van der Waals surface area contributed by atoms with Gasteiger partial charge in [0.05, 0.1) is 13.3 Å². The van der Waals surface area contributed by atoms with E-state index in [1.54, 1.807) is 13.3 Å². The Bertz CT molecular complexity index is 954. The number of halogens is 1. The molecule has 28 heavy (non-hydrogen) atoms. The second-order valence-corrected chi connectivity index (χ2v) is 6.61. The van der Waals surface area contributed by atoms with Gasteiger partial charge in [0.15, 0.2) is 11.5 Å². The fraction of sp³-hybridized carbons (Fsp3) is 0.190. The molecule has 1 heterocycles. The second kappa shape index (κ2) is 9.19. The quantitative estimate of drug-likeness (QED) is 0.459. The average Bonchev–Trinajstić information content (AvgIpc) is 2.67. The summed E-state index contributed by atoms with van der Waals surface area (Å²) in [6.45, 7) is 4.25. The number of hydrogen-bond acceptors (Lipinski definition) is 6. The summed E-state index contributed by atoms with van der Waals surface area (Å²) in [7, 11) is 1.60. The molecule has 0 saturated heterocycles. The van der Waals surface area contributed by atoms with Gasteiger partial charge in [0.2, 0.25) is 5.95 Å². The van der Waals surface area contributed by atoms with E-state index >= 15 is 0 Å². The molecule has 1 aromatic heterocycles. The Kier molecular flexibility index (Phi) is 6.45. The number of benzene rings is 2. The average molecular weight is 397 g/mol. The summed E-state index contributed by atoms with van der Waals surface area (Å²) in [6.07, 6.45) is 1.67. The number of aryl methyl sites for hydroxylation is 2. The number of rotatable bonds is 7. The zero-order valence-electron chi connectivity index (χ0n) is 15.9. The maximum Gasteiger partial charge on any atom is 0.243 e. The summed E-state index contributed by atoms with van der Waals surface area (Å²) < 4.78 is 11.3. The summed E-state index contributed by atoms with van der Waals surface area (Å²) in [4.78, 5) is 8.57. The van der Waals surface area contributed by atoms with Crippen LogP contribution in [0.15, 0.2) is 53.6 Å². The van der Waals surface area contributed by atoms with Crippen LogP contribution in [0, 0.1) is 13.8 Å². The van der Waals surface area contributed by atoms with E-state index in [1.165, 1.54) is 0 Å². The van der Waals surface area contributed by atoms with Gasteiger partial charge >= 0.3 is 0 Å². The third-order valence-electron chi connectivity index (χ3n) is 3.86. The smallest absolute Gasteiger partial charge is 0.243 e. The first-order chi connectivity index (χ1) is 13.5. The van der Waals surface area contributed by atoms with Crippen molar-refractivity contribution in [3.05, 3.63) is 76.1 Å². The van der Waals surface area contributed by atoms with Crippen LogP contribution in [0.1, 0.15) is 22.5 Å². The summed E-state index contributed by atoms with van der Waals surface area (Å²) in [6, 6.07) is 15.0. The molecule has 0 radical (unpaired) electrons. The van der Waals surface area contributed by atoms with E-state index in [0.717, 1.165) is 22.5 Å². The normalized spacial score (nSPS) is 10.9. The van der Waals surface area contributed by atoms with Crippen molar-refractivity contribution in [2.24, 2.45) is 5.10 Å². The predicted octanol–water partition coefficient (Wildman–Crippen LogP) is 4.78. The van der Waals surface area contributed by atoms with Crippen molar-refractivity contribution >= 4 is 23.8 Å². The highest BCUT2D eigenvalue weighted by molar-refractivity contribution is 6.30. The molecule has 144 valence electrons. The first kappa shape index (κ1) is 19.6. The van der Waals surface area contributed by atoms with Crippen molar-refractivity contribution in [2.75, 3.05) is 12.5 Å². The lowest BCUT2D eigenvalue weighted by Gasteiger charge is -2.11. The van der Waals surface area contributed by atoms with Crippen LogP contribution < -0.4 is 14.9 Å². The van der Waals surface area contributed by atoms with Crippen molar-refractivity contribution in [2.45, 2.75) is 20.5 Å². The number of ether oxygens (including phenoxy) is 2. The Hall–Kier alpha value is -3.12. The first-order valence-electron chi connectivity index (χ1n) is 8.70. The van der Waals surface area contributed by atoms with Crippen LogP contribution in [-0.2, 0) is 6.61 Å². The fourth-order valence-electron chi connectivity index (χ4n) is 2.57. The van der Waals surface area contributed by atoms with Crippen LogP contribution in [0.4, 0.5) is 5.95 Å². The molecule has 0 fully saturated rings. The molecule has 0 bridgehead atoms. The van der Waals surface area contributed by atoms with E-state index in [4.69, 9.17) is 21.1 Å². The lowest BCUT2D eigenvalue weighted by molar-refractivity contribution is 0.284. The Morgan fingerprint density at radius 1 is 1.00 bits per heavy atom. The van der Waals surface area contributed by atoms with Gasteiger partial charge < -0.3 is 9.47 Å². The minimum atomic E-state index is 0.423. The minimum Gasteiger partial charge on any atom is -0.493 e. The lowest BCUT2D eigenvalue weighted by atomic mass is 10.2. The molecule has 0 aliphatic carbocycles. The van der Waals surface area contributed by atoms with Gasteiger partial charge in [-0.1, -0.05) is 23.7 Å². The zero-order valence-corrected chi connectivity index (χ0v) is 16.7. The molecule has 1 N–H and O–H groups in total. The Morgan fingerprint density at radius 2 is 1.71 bits per heavy atom. The monoisotopic (exact) mass is 396 g/mol. The van der Waals surface area contributed by atoms with E-state index in [1.807, 2.05) is 62.4 Å². The van der Waals surface area contributed by atoms with Crippen LogP contribution >= 0.6 is 11.6 Å². The van der Waals surface area contributed by atoms with Crippen LogP contribution in [0.25, 0.3) is 0 Å². The molecule has 2 aromatic carbocycles. The highest BCUT2D eigenvalue weighted by atomic mass is 35.5. The molecule has 0 aliphatic rings. The number of nitrogens with one attached hydrogen (secondary N) is 1. The van der Waals surface area contributed by atoms with E-state index in [0.29, 0.717) is 29.1 Å². The van der Waals surface area contributed by atoms with Crippen LogP contribution in [0.2, 0.25) is 5.02 Å². The van der Waals surface area contributed by atoms with E-state index in [9.17, 15) is 0 Å². The molecule has 7 heteroatoms. The van der Waals surface area contributed by atoms with Crippen molar-refractivity contribution in [3.63, 3.8) is 0 Å². The number of hydrazone groups is 1. The van der Waals surface area contributed by atoms with E-state index in [2.05, 4.69) is 20.5 Å². The van der Waals surface area contributed by atoms with Gasteiger partial charge in [-0.2, -0.15) is 5.10 Å². The Balaban J connectivity index is 1.65. The maximum atomic E-state index is 5.90. The lowest BCUT2D eigenvalue weighted by Crippen LogP contribution is -2.00. The van der Waals surface area contributed by atoms with E-state index in [-0.39, 0.29) is 0 Å². The summed E-state index contributed by atoms with van der Waals surface area (Å²) >= 11 is 5.90. The van der Waals surface area contributed by atoms with Crippen molar-refractivity contribution in [1.82, 2.24) is 9.97 Å². The Morgan fingerprint density at radius 3 is 2.39 bits per heavy atom. The van der Waals surface area contributed by atoms with Crippen molar-refractivity contribution in [1.29, 1.82) is 0 Å². The molecule has 0 atom stereocenters. The number of hydrogen-bond donors (Lipinski definition) is 1. The molecule has 0 unspecified atom stereocenters. The van der Waals surface area contributed by atoms with Gasteiger partial charge in [-0.25, -0.2) is 15.4 Å². The van der Waals surface area contributed by atoms with Gasteiger partial charge in [0.1, 0.15) is 6.61 Å². The predicted molar refractivity (Wildman–Crippen MR) is 112 cm³/mol. The number of aromatic nitrogens is 2. The van der Waals surface area contributed by atoms with E-state index < -0.39 is 0 Å². The summed E-state index contributed by atoms with van der Waals surface area (Å²) in [5.41, 5.74) is 6.49. The van der Waals surface area contributed by atoms with Crippen LogP contribution in [0.5, 0.6) is 11.5 Å². The molecule has 0 spiro atoms. The second-order valence-electron chi connectivity index (χ2n) is 6.17. The molecule has 0 saturated carbocycles. The third kappa shape index (κ3) is 5.44.